The van der Waals surface area contributed by atoms with Crippen molar-refractivity contribution in [3.63, 3.8) is 0 Å². The van der Waals surface area contributed by atoms with Gasteiger partial charge in [-0.25, -0.2) is 13.2 Å². The molecule has 2 amide bonds. The number of esters is 1. The fraction of sp³-hybridized carbons (Fsp3) is 0.471. The number of sulfonamides is 1. The second-order valence-corrected chi connectivity index (χ2v) is 7.94. The number of hydrogen-bond donors (Lipinski definition) is 0. The van der Waals surface area contributed by atoms with E-state index in [-0.39, 0.29) is 17.9 Å². The van der Waals surface area contributed by atoms with Crippen molar-refractivity contribution < 1.29 is 27.5 Å². The molecule has 1 fully saturated rings. The molecule has 9 nitrogen and oxygen atoms in total. The number of carbonyl (C=O) groups is 3. The molecule has 0 saturated carbocycles. The van der Waals surface area contributed by atoms with E-state index in [0.29, 0.717) is 26.2 Å². The lowest BCUT2D eigenvalue weighted by atomic mass is 10.2. The van der Waals surface area contributed by atoms with Crippen LogP contribution in [0, 0.1) is 0 Å². The summed E-state index contributed by atoms with van der Waals surface area (Å²) >= 11 is 0. The molecule has 0 N–H and O–H groups in total. The first-order chi connectivity index (χ1) is 12.8. The Hall–Kier alpha value is -2.62. The topological polar surface area (TPSA) is 104 Å². The maximum absolute atomic E-state index is 12.6. The van der Waals surface area contributed by atoms with Gasteiger partial charge in [-0.1, -0.05) is 12.1 Å². The zero-order valence-electron chi connectivity index (χ0n) is 15.3. The van der Waals surface area contributed by atoms with Crippen molar-refractivity contribution in [3.05, 3.63) is 29.8 Å². The molecule has 0 spiro atoms. The third kappa shape index (κ3) is 5.19. The van der Waals surface area contributed by atoms with Gasteiger partial charge in [-0.3, -0.25) is 13.9 Å². The third-order valence-corrected chi connectivity index (χ3v) is 5.29. The Morgan fingerprint density at radius 2 is 1.81 bits per heavy atom. The molecule has 0 radical (unpaired) electrons. The second kappa shape index (κ2) is 8.85. The van der Waals surface area contributed by atoms with Crippen LogP contribution in [-0.4, -0.2) is 82.1 Å². The number of hydrogen-bond acceptors (Lipinski definition) is 6. The Morgan fingerprint density at radius 1 is 1.19 bits per heavy atom. The molecule has 1 aromatic carbocycles. The van der Waals surface area contributed by atoms with Crippen LogP contribution in [0.25, 0.3) is 0 Å². The van der Waals surface area contributed by atoms with Gasteiger partial charge >= 0.3 is 5.97 Å². The van der Waals surface area contributed by atoms with Crippen LogP contribution in [0.3, 0.4) is 0 Å². The van der Waals surface area contributed by atoms with E-state index in [1.54, 1.807) is 24.0 Å². The number of rotatable bonds is 7. The molecule has 0 aliphatic carbocycles. The molecule has 0 unspecified atom stereocenters. The van der Waals surface area contributed by atoms with Crippen LogP contribution in [0.5, 0.6) is 0 Å². The lowest BCUT2D eigenvalue weighted by Crippen LogP contribution is -2.51. The minimum atomic E-state index is -3.83. The number of ether oxygens (including phenoxy) is 1. The van der Waals surface area contributed by atoms with Gasteiger partial charge in [0.1, 0.15) is 6.54 Å². The summed E-state index contributed by atoms with van der Waals surface area (Å²) in [6.45, 7) is 2.81. The van der Waals surface area contributed by atoms with Gasteiger partial charge in [-0.05, 0) is 19.1 Å². The zero-order chi connectivity index (χ0) is 20.0. The van der Waals surface area contributed by atoms with Crippen molar-refractivity contribution in [2.45, 2.75) is 6.92 Å². The van der Waals surface area contributed by atoms with Crippen molar-refractivity contribution in [1.82, 2.24) is 9.80 Å². The molecule has 27 heavy (non-hydrogen) atoms. The number of carbonyl (C=O) groups excluding carboxylic acids is 3. The highest BCUT2D eigenvalue weighted by atomic mass is 32.2. The number of para-hydroxylation sites is 1. The second-order valence-electron chi connectivity index (χ2n) is 6.03. The summed E-state index contributed by atoms with van der Waals surface area (Å²) in [5.41, 5.74) is 0.168. The van der Waals surface area contributed by atoms with Gasteiger partial charge in [0.2, 0.25) is 22.3 Å². The third-order valence-electron chi connectivity index (χ3n) is 4.16. The Kier molecular flexibility index (Phi) is 6.78. The van der Waals surface area contributed by atoms with E-state index < -0.39 is 28.4 Å². The number of piperazine rings is 1. The predicted molar refractivity (Wildman–Crippen MR) is 98.8 cm³/mol. The van der Waals surface area contributed by atoms with Crippen LogP contribution in [0.4, 0.5) is 5.69 Å². The van der Waals surface area contributed by atoms with E-state index in [9.17, 15) is 22.8 Å². The Balaban J connectivity index is 2.26. The normalized spacial score (nSPS) is 14.6. The molecular weight excluding hydrogens is 374 g/mol. The summed E-state index contributed by atoms with van der Waals surface area (Å²) in [7, 11) is -3.83. The van der Waals surface area contributed by atoms with Crippen LogP contribution in [-0.2, 0) is 24.3 Å². The van der Waals surface area contributed by atoms with Gasteiger partial charge in [0.15, 0.2) is 0 Å². The smallest absolute Gasteiger partial charge is 0.340 e. The largest absolute Gasteiger partial charge is 0.462 e. The van der Waals surface area contributed by atoms with Gasteiger partial charge in [0.05, 0.1) is 24.1 Å². The van der Waals surface area contributed by atoms with Crippen LogP contribution < -0.4 is 4.31 Å². The molecule has 2 rings (SSSR count). The molecule has 1 aliphatic rings. The standard InChI is InChI=1S/C17H23N3O6S/c1-3-26-17(23)14-6-4-5-7-15(14)20(27(2,24)25)12-16(22)19-10-8-18(13-21)9-11-19/h4-7,13H,3,8-12H2,1-2H3. The Labute approximate surface area is 158 Å². The van der Waals surface area contributed by atoms with E-state index in [0.717, 1.165) is 17.0 Å². The number of benzene rings is 1. The summed E-state index contributed by atoms with van der Waals surface area (Å²) in [6.07, 6.45) is 1.70. The van der Waals surface area contributed by atoms with Crippen LogP contribution in [0.2, 0.25) is 0 Å². The predicted octanol–water partition coefficient (Wildman–Crippen LogP) is -0.0701. The lowest BCUT2D eigenvalue weighted by molar-refractivity contribution is -0.133. The fourth-order valence-corrected chi connectivity index (χ4v) is 3.61. The molecule has 148 valence electrons. The SMILES string of the molecule is CCOC(=O)c1ccccc1N(CC(=O)N1CCN(C=O)CC1)S(C)(=O)=O. The van der Waals surface area contributed by atoms with Crippen LogP contribution in [0.15, 0.2) is 24.3 Å². The number of anilines is 1. The van der Waals surface area contributed by atoms with Gasteiger partial charge in [0.25, 0.3) is 0 Å². The molecule has 10 heteroatoms. The minimum Gasteiger partial charge on any atom is -0.462 e. The first-order valence-electron chi connectivity index (χ1n) is 8.49. The van der Waals surface area contributed by atoms with E-state index in [4.69, 9.17) is 4.74 Å². The average Bonchev–Trinajstić information content (AvgIpc) is 2.65. The Bertz CT molecular complexity index is 803. The van der Waals surface area contributed by atoms with Crippen molar-refractivity contribution in [3.8, 4) is 0 Å². The molecule has 0 atom stereocenters. The van der Waals surface area contributed by atoms with Crippen molar-refractivity contribution in [1.29, 1.82) is 0 Å². The molecule has 1 aromatic rings. The molecule has 1 saturated heterocycles. The van der Waals surface area contributed by atoms with E-state index >= 15 is 0 Å². The van der Waals surface area contributed by atoms with Crippen molar-refractivity contribution >= 4 is 34.0 Å². The summed E-state index contributed by atoms with van der Waals surface area (Å²) in [5.74, 6) is -1.06. The van der Waals surface area contributed by atoms with Crippen LogP contribution in [0.1, 0.15) is 17.3 Å². The first-order valence-corrected chi connectivity index (χ1v) is 10.3. The van der Waals surface area contributed by atoms with Crippen molar-refractivity contribution in [2.24, 2.45) is 0 Å². The van der Waals surface area contributed by atoms with Gasteiger partial charge < -0.3 is 14.5 Å². The van der Waals surface area contributed by atoms with E-state index in [1.165, 1.54) is 17.0 Å². The maximum atomic E-state index is 12.6. The summed E-state index contributed by atoms with van der Waals surface area (Å²) in [6, 6.07) is 6.10. The van der Waals surface area contributed by atoms with Gasteiger partial charge in [0, 0.05) is 26.2 Å². The monoisotopic (exact) mass is 397 g/mol. The lowest BCUT2D eigenvalue weighted by Gasteiger charge is -2.34. The molecular formula is C17H23N3O6S. The molecule has 1 aliphatic heterocycles. The zero-order valence-corrected chi connectivity index (χ0v) is 16.1. The highest BCUT2D eigenvalue weighted by molar-refractivity contribution is 7.92. The van der Waals surface area contributed by atoms with Crippen LogP contribution >= 0.6 is 0 Å². The highest BCUT2D eigenvalue weighted by Crippen LogP contribution is 2.24. The minimum absolute atomic E-state index is 0.0725. The quantitative estimate of drug-likeness (QED) is 0.471. The number of nitrogens with zero attached hydrogens (tertiary/aromatic N) is 3. The maximum Gasteiger partial charge on any atom is 0.340 e. The van der Waals surface area contributed by atoms with Gasteiger partial charge in [-0.2, -0.15) is 0 Å². The highest BCUT2D eigenvalue weighted by Gasteiger charge is 2.29. The van der Waals surface area contributed by atoms with E-state index in [2.05, 4.69) is 0 Å². The summed E-state index contributed by atoms with van der Waals surface area (Å²) in [5, 5.41) is 0. The number of amides is 2. The molecule has 0 bridgehead atoms. The van der Waals surface area contributed by atoms with E-state index in [1.807, 2.05) is 0 Å². The fourth-order valence-electron chi connectivity index (χ4n) is 2.75. The summed E-state index contributed by atoms with van der Waals surface area (Å²) < 4.78 is 30.6. The average molecular weight is 397 g/mol. The van der Waals surface area contributed by atoms with Crippen molar-refractivity contribution in [2.75, 3.05) is 49.9 Å². The molecule has 1 heterocycles. The molecule has 0 aromatic heterocycles. The summed E-state index contributed by atoms with van der Waals surface area (Å²) in [4.78, 5) is 38.6. The first kappa shape index (κ1) is 20.7. The Morgan fingerprint density at radius 3 is 2.37 bits per heavy atom. The van der Waals surface area contributed by atoms with Gasteiger partial charge in [-0.15, -0.1) is 0 Å².